The number of carbonyl (C=O) groups excluding carboxylic acids is 1. The highest BCUT2D eigenvalue weighted by Gasteiger charge is 2.23. The lowest BCUT2D eigenvalue weighted by molar-refractivity contribution is -0.131. The number of hydrogen-bond acceptors (Lipinski definition) is 5. The Kier molecular flexibility index (Phi) is 6.43. The van der Waals surface area contributed by atoms with Crippen molar-refractivity contribution < 1.29 is 4.79 Å². The summed E-state index contributed by atoms with van der Waals surface area (Å²) in [4.78, 5) is 21.0. The third-order valence-corrected chi connectivity index (χ3v) is 7.87. The molecule has 0 saturated carbocycles. The third kappa shape index (κ3) is 4.73. The first-order valence-electron chi connectivity index (χ1n) is 12.2. The van der Waals surface area contributed by atoms with Gasteiger partial charge in [-0.1, -0.05) is 43.3 Å². The molecule has 0 unspecified atom stereocenters. The number of rotatable bonds is 5. The van der Waals surface area contributed by atoms with Gasteiger partial charge < -0.3 is 10.6 Å². The Balaban J connectivity index is 1.46. The van der Waals surface area contributed by atoms with Gasteiger partial charge in [-0.15, -0.1) is 11.3 Å². The van der Waals surface area contributed by atoms with Crippen LogP contribution in [-0.2, 0) is 30.6 Å². The molecule has 7 heteroatoms. The summed E-state index contributed by atoms with van der Waals surface area (Å²) in [7, 11) is 0. The minimum Gasteiger partial charge on any atom is -0.375 e. The monoisotopic (exact) mass is 485 g/mol. The summed E-state index contributed by atoms with van der Waals surface area (Å²) in [6.45, 7) is 8.00. The topological polar surface area (TPSA) is 77.0 Å². The molecule has 1 aliphatic heterocycles. The van der Waals surface area contributed by atoms with Crippen LogP contribution in [0.1, 0.15) is 34.2 Å². The Hall–Kier alpha value is -3.45. The van der Waals surface area contributed by atoms with Crippen molar-refractivity contribution in [3.8, 4) is 22.5 Å². The van der Waals surface area contributed by atoms with Gasteiger partial charge in [0.2, 0.25) is 5.91 Å². The Morgan fingerprint density at radius 2 is 1.80 bits per heavy atom. The second-order valence-electron chi connectivity index (χ2n) is 9.19. The molecule has 0 spiro atoms. The van der Waals surface area contributed by atoms with Gasteiger partial charge in [0.05, 0.1) is 17.1 Å². The van der Waals surface area contributed by atoms with Crippen LogP contribution in [0, 0.1) is 13.8 Å². The third-order valence-electron chi connectivity index (χ3n) is 6.89. The summed E-state index contributed by atoms with van der Waals surface area (Å²) in [5.74, 6) is 0.0794. The van der Waals surface area contributed by atoms with Crippen molar-refractivity contribution in [2.45, 2.75) is 46.6 Å². The van der Waals surface area contributed by atoms with E-state index in [0.29, 0.717) is 18.2 Å². The molecular weight excluding hydrogens is 454 g/mol. The van der Waals surface area contributed by atoms with Crippen LogP contribution in [0.3, 0.4) is 0 Å². The number of anilines is 1. The molecule has 1 aliphatic rings. The van der Waals surface area contributed by atoms with Gasteiger partial charge in [0.25, 0.3) is 0 Å². The van der Waals surface area contributed by atoms with E-state index in [1.54, 1.807) is 0 Å². The van der Waals surface area contributed by atoms with E-state index in [1.807, 2.05) is 27.8 Å². The van der Waals surface area contributed by atoms with Crippen LogP contribution < -0.4 is 5.73 Å². The molecule has 0 fully saturated rings. The number of amides is 1. The van der Waals surface area contributed by atoms with Crippen LogP contribution in [0.25, 0.3) is 22.5 Å². The zero-order valence-electron chi connectivity index (χ0n) is 20.5. The second-order valence-corrected chi connectivity index (χ2v) is 10.3. The Morgan fingerprint density at radius 3 is 2.57 bits per heavy atom. The van der Waals surface area contributed by atoms with Gasteiger partial charge in [-0.3, -0.25) is 9.48 Å². The van der Waals surface area contributed by atoms with Gasteiger partial charge in [0, 0.05) is 36.4 Å². The highest BCUT2D eigenvalue weighted by molar-refractivity contribution is 7.15. The lowest BCUT2D eigenvalue weighted by atomic mass is 9.96. The fraction of sp³-hybridized carbons (Fsp3) is 0.321. The maximum atomic E-state index is 13.4. The van der Waals surface area contributed by atoms with Crippen LogP contribution in [0.2, 0.25) is 0 Å². The first-order valence-corrected chi connectivity index (χ1v) is 13.0. The van der Waals surface area contributed by atoms with Crippen LogP contribution >= 0.6 is 11.3 Å². The first-order chi connectivity index (χ1) is 16.9. The van der Waals surface area contributed by atoms with E-state index in [4.69, 9.17) is 10.8 Å². The summed E-state index contributed by atoms with van der Waals surface area (Å²) in [6, 6.07) is 16.8. The molecule has 3 heterocycles. The highest BCUT2D eigenvalue weighted by atomic mass is 32.1. The maximum Gasteiger partial charge on any atom is 0.244 e. The van der Waals surface area contributed by atoms with Gasteiger partial charge in [-0.2, -0.15) is 5.10 Å². The number of aromatic nitrogens is 3. The molecule has 0 saturated heterocycles. The van der Waals surface area contributed by atoms with E-state index >= 15 is 0 Å². The second kappa shape index (κ2) is 9.66. The number of benzene rings is 2. The Labute approximate surface area is 210 Å². The average molecular weight is 486 g/mol. The van der Waals surface area contributed by atoms with E-state index in [1.165, 1.54) is 32.9 Å². The van der Waals surface area contributed by atoms with Gasteiger partial charge >= 0.3 is 0 Å². The van der Waals surface area contributed by atoms with Crippen molar-refractivity contribution in [3.63, 3.8) is 0 Å². The van der Waals surface area contributed by atoms with Crippen LogP contribution in [0.15, 0.2) is 48.5 Å². The van der Waals surface area contributed by atoms with Crippen molar-refractivity contribution in [2.75, 3.05) is 18.8 Å². The zero-order chi connectivity index (χ0) is 24.5. The number of carbonyl (C=O) groups is 1. The molecule has 1 amide bonds. The maximum absolute atomic E-state index is 13.4. The molecular formula is C28H31N5OS. The quantitative estimate of drug-likeness (QED) is 0.429. The Bertz CT molecular complexity index is 1350. The molecule has 2 N–H and O–H groups in total. The number of thiazole rings is 1. The van der Waals surface area contributed by atoms with Crippen molar-refractivity contribution in [1.29, 1.82) is 0 Å². The predicted octanol–water partition coefficient (Wildman–Crippen LogP) is 5.06. The van der Waals surface area contributed by atoms with Gasteiger partial charge in [-0.25, -0.2) is 4.98 Å². The Morgan fingerprint density at radius 1 is 1.06 bits per heavy atom. The molecule has 0 radical (unpaired) electrons. The van der Waals surface area contributed by atoms with E-state index in [-0.39, 0.29) is 12.5 Å². The fourth-order valence-corrected chi connectivity index (χ4v) is 5.64. The molecule has 0 atom stereocenters. The molecule has 2 aromatic carbocycles. The van der Waals surface area contributed by atoms with Crippen molar-refractivity contribution in [2.24, 2.45) is 0 Å². The molecule has 35 heavy (non-hydrogen) atoms. The number of nitrogens with zero attached hydrogens (tertiary/aromatic N) is 4. The lowest BCUT2D eigenvalue weighted by Crippen LogP contribution is -2.36. The first kappa shape index (κ1) is 23.3. The number of fused-ring (bicyclic) bond motifs is 1. The van der Waals surface area contributed by atoms with Gasteiger partial charge in [-0.05, 0) is 54.7 Å². The molecule has 5 rings (SSSR count). The van der Waals surface area contributed by atoms with Gasteiger partial charge in [0.15, 0.2) is 5.13 Å². The summed E-state index contributed by atoms with van der Waals surface area (Å²) >= 11 is 1.54. The summed E-state index contributed by atoms with van der Waals surface area (Å²) < 4.78 is 1.87. The molecule has 0 bridgehead atoms. The summed E-state index contributed by atoms with van der Waals surface area (Å²) in [5.41, 5.74) is 14.8. The molecule has 6 nitrogen and oxygen atoms in total. The fourth-order valence-electron chi connectivity index (χ4n) is 4.78. The van der Waals surface area contributed by atoms with Gasteiger partial charge in [0.1, 0.15) is 6.54 Å². The number of aryl methyl sites for hydroxylation is 3. The minimum atomic E-state index is 0.0794. The molecule has 4 aromatic rings. The van der Waals surface area contributed by atoms with Crippen LogP contribution in [0.5, 0.6) is 0 Å². The van der Waals surface area contributed by atoms with Crippen molar-refractivity contribution >= 4 is 22.4 Å². The molecule has 0 aliphatic carbocycles. The SMILES string of the molecule is CCc1cc(C)c(C)cc1-c1cc(-c2ccccc2)n(CC(=O)N2CCc3nc(N)sc3CC2)n1. The van der Waals surface area contributed by atoms with Crippen molar-refractivity contribution in [3.05, 3.63) is 75.8 Å². The van der Waals surface area contributed by atoms with E-state index in [9.17, 15) is 4.79 Å². The lowest BCUT2D eigenvalue weighted by Gasteiger charge is -2.21. The van der Waals surface area contributed by atoms with Crippen LogP contribution in [0.4, 0.5) is 5.13 Å². The standard InChI is InChI=1S/C28H31N5OS/c1-4-20-14-18(2)19(3)15-22(20)24-16-25(21-8-6-5-7-9-21)33(31-24)17-27(34)32-12-10-23-26(11-13-32)35-28(29)30-23/h5-9,14-16H,4,10-13,17H2,1-3H3,(H2,29,30). The number of nitrogens with two attached hydrogens (primary N) is 1. The summed E-state index contributed by atoms with van der Waals surface area (Å²) in [6.07, 6.45) is 2.47. The average Bonchev–Trinajstić information content (AvgIpc) is 3.37. The zero-order valence-corrected chi connectivity index (χ0v) is 21.4. The normalized spacial score (nSPS) is 13.5. The van der Waals surface area contributed by atoms with E-state index in [0.717, 1.165) is 47.5 Å². The molecule has 2 aromatic heterocycles. The number of hydrogen-bond donors (Lipinski definition) is 1. The van der Waals surface area contributed by atoms with E-state index < -0.39 is 0 Å². The molecule has 180 valence electrons. The smallest absolute Gasteiger partial charge is 0.244 e. The largest absolute Gasteiger partial charge is 0.375 e. The van der Waals surface area contributed by atoms with Crippen LogP contribution in [-0.4, -0.2) is 38.7 Å². The minimum absolute atomic E-state index is 0.0794. The van der Waals surface area contributed by atoms with E-state index in [2.05, 4.69) is 56.1 Å². The summed E-state index contributed by atoms with van der Waals surface area (Å²) in [5, 5.41) is 5.59. The number of nitrogen functional groups attached to an aromatic ring is 1. The predicted molar refractivity (Wildman–Crippen MR) is 142 cm³/mol. The van der Waals surface area contributed by atoms with Crippen molar-refractivity contribution in [1.82, 2.24) is 19.7 Å². The highest BCUT2D eigenvalue weighted by Crippen LogP contribution is 2.31.